The van der Waals surface area contributed by atoms with Gasteiger partial charge >= 0.3 is 5.97 Å². The van der Waals surface area contributed by atoms with E-state index in [0.717, 1.165) is 30.5 Å². The molecule has 3 aromatic rings. The molecule has 0 radical (unpaired) electrons. The summed E-state index contributed by atoms with van der Waals surface area (Å²) in [5, 5.41) is 17.2. The van der Waals surface area contributed by atoms with Crippen molar-refractivity contribution in [2.45, 2.75) is 40.0 Å². The zero-order valence-electron chi connectivity index (χ0n) is 16.5. The van der Waals surface area contributed by atoms with Gasteiger partial charge in [-0.2, -0.15) is 10.4 Å². The summed E-state index contributed by atoms with van der Waals surface area (Å²) in [5.41, 5.74) is 5.08. The van der Waals surface area contributed by atoms with Crippen LogP contribution in [-0.2, 0) is 11.2 Å². The van der Waals surface area contributed by atoms with E-state index in [0.29, 0.717) is 28.9 Å². The molecule has 2 heterocycles. The van der Waals surface area contributed by atoms with E-state index < -0.39 is 5.97 Å². The number of rotatable bonds is 7. The fraction of sp³-hybridized carbons (Fsp3) is 0.318. The largest absolute Gasteiger partial charge is 0.462 e. The van der Waals surface area contributed by atoms with Crippen LogP contribution in [0.5, 0.6) is 0 Å². The van der Waals surface area contributed by atoms with Crippen LogP contribution in [-0.4, -0.2) is 22.2 Å². The predicted octanol–water partition coefficient (Wildman–Crippen LogP) is 4.78. The second-order valence-electron chi connectivity index (χ2n) is 6.65. The number of unbranched alkanes of at least 4 members (excludes halogenated alkanes) is 1. The summed E-state index contributed by atoms with van der Waals surface area (Å²) < 4.78 is 6.74. The Bertz CT molecular complexity index is 1030. The average molecular weight is 376 g/mol. The molecule has 0 aliphatic rings. The van der Waals surface area contributed by atoms with Crippen molar-refractivity contribution in [1.29, 1.82) is 5.26 Å². The molecule has 0 fully saturated rings. The molecule has 28 heavy (non-hydrogen) atoms. The van der Waals surface area contributed by atoms with Gasteiger partial charge in [0.15, 0.2) is 0 Å². The van der Waals surface area contributed by atoms with E-state index in [-0.39, 0.29) is 0 Å². The highest BCUT2D eigenvalue weighted by molar-refractivity contribution is 5.97. The quantitative estimate of drug-likeness (QED) is 0.601. The fourth-order valence-electron chi connectivity index (χ4n) is 3.19. The first-order valence-corrected chi connectivity index (χ1v) is 9.53. The minimum Gasteiger partial charge on any atom is -0.462 e. The maximum Gasteiger partial charge on any atom is 0.340 e. The molecule has 144 valence electrons. The summed E-state index contributed by atoms with van der Waals surface area (Å²) in [7, 11) is 0. The number of aromatic nitrogens is 2. The average Bonchev–Trinajstić information content (AvgIpc) is 3.05. The second-order valence-corrected chi connectivity index (χ2v) is 6.65. The highest BCUT2D eigenvalue weighted by atomic mass is 16.5. The lowest BCUT2D eigenvalue weighted by molar-refractivity contribution is 0.0525. The number of ether oxygens (including phenoxy) is 1. The summed E-state index contributed by atoms with van der Waals surface area (Å²) in [6, 6.07) is 10.4. The van der Waals surface area contributed by atoms with E-state index in [1.54, 1.807) is 17.6 Å². The van der Waals surface area contributed by atoms with Crippen LogP contribution in [0.4, 0.5) is 11.4 Å². The zero-order valence-corrected chi connectivity index (χ0v) is 16.5. The zero-order chi connectivity index (χ0) is 20.1. The van der Waals surface area contributed by atoms with Crippen LogP contribution in [0, 0.1) is 18.3 Å². The molecule has 0 saturated carbocycles. The van der Waals surface area contributed by atoms with Crippen molar-refractivity contribution in [2.24, 2.45) is 0 Å². The van der Waals surface area contributed by atoms with E-state index in [1.807, 2.05) is 19.1 Å². The van der Waals surface area contributed by atoms with Gasteiger partial charge in [0, 0.05) is 11.9 Å². The number of nitriles is 1. The van der Waals surface area contributed by atoms with Crippen LogP contribution in [0.1, 0.15) is 53.7 Å². The third-order valence-electron chi connectivity index (χ3n) is 4.72. The number of nitrogens with zero attached hydrogens (tertiary/aromatic N) is 3. The number of benzene rings is 1. The van der Waals surface area contributed by atoms with Gasteiger partial charge in [-0.1, -0.05) is 25.5 Å². The molecule has 1 N–H and O–H groups in total. The van der Waals surface area contributed by atoms with E-state index >= 15 is 0 Å². The number of fused-ring (bicyclic) bond motifs is 1. The van der Waals surface area contributed by atoms with E-state index in [4.69, 9.17) is 4.74 Å². The fourth-order valence-corrected chi connectivity index (χ4v) is 3.19. The molecule has 1 aromatic carbocycles. The number of carbonyl (C=O) groups is 1. The number of esters is 1. The van der Waals surface area contributed by atoms with E-state index in [9.17, 15) is 10.1 Å². The molecular weight excluding hydrogens is 352 g/mol. The Morgan fingerprint density at radius 3 is 2.68 bits per heavy atom. The molecule has 0 spiro atoms. The topological polar surface area (TPSA) is 79.4 Å². The Morgan fingerprint density at radius 2 is 2.04 bits per heavy atom. The molecule has 2 aromatic heterocycles. The molecule has 3 rings (SSSR count). The van der Waals surface area contributed by atoms with Crippen LogP contribution in [0.2, 0.25) is 0 Å². The predicted molar refractivity (Wildman–Crippen MR) is 109 cm³/mol. The molecular formula is C22H24N4O2. The van der Waals surface area contributed by atoms with Crippen molar-refractivity contribution >= 4 is 22.9 Å². The highest BCUT2D eigenvalue weighted by Gasteiger charge is 2.20. The summed E-state index contributed by atoms with van der Waals surface area (Å²) >= 11 is 0. The van der Waals surface area contributed by atoms with Gasteiger partial charge in [-0.3, -0.25) is 0 Å². The lowest BCUT2D eigenvalue weighted by Crippen LogP contribution is -2.04. The van der Waals surface area contributed by atoms with Crippen LogP contribution >= 0.6 is 0 Å². The molecule has 0 aliphatic heterocycles. The summed E-state index contributed by atoms with van der Waals surface area (Å²) in [5.74, 6) is -0.393. The van der Waals surface area contributed by atoms with Gasteiger partial charge in [0.2, 0.25) is 0 Å². The number of aryl methyl sites for hydroxylation is 2. The van der Waals surface area contributed by atoms with Crippen molar-refractivity contribution in [3.63, 3.8) is 0 Å². The van der Waals surface area contributed by atoms with Crippen LogP contribution < -0.4 is 5.32 Å². The lowest BCUT2D eigenvalue weighted by atomic mass is 10.1. The first-order valence-electron chi connectivity index (χ1n) is 9.53. The molecule has 0 bridgehead atoms. The third-order valence-corrected chi connectivity index (χ3v) is 4.72. The summed E-state index contributed by atoms with van der Waals surface area (Å²) in [6.07, 6.45) is 6.52. The number of hydrogen-bond donors (Lipinski definition) is 1. The lowest BCUT2D eigenvalue weighted by Gasteiger charge is -2.12. The smallest absolute Gasteiger partial charge is 0.340 e. The van der Waals surface area contributed by atoms with Gasteiger partial charge in [-0.05, 0) is 49.9 Å². The monoisotopic (exact) mass is 376 g/mol. The van der Waals surface area contributed by atoms with Gasteiger partial charge in [0.25, 0.3) is 0 Å². The maximum atomic E-state index is 12.2. The highest BCUT2D eigenvalue weighted by Crippen LogP contribution is 2.30. The Hall–Kier alpha value is -3.33. The molecule has 6 heteroatoms. The molecule has 6 nitrogen and oxygen atoms in total. The second kappa shape index (κ2) is 8.57. The molecule has 0 saturated heterocycles. The number of hydrogen-bond acceptors (Lipinski definition) is 5. The van der Waals surface area contributed by atoms with E-state index in [2.05, 4.69) is 35.5 Å². The molecule has 0 aliphatic carbocycles. The van der Waals surface area contributed by atoms with Gasteiger partial charge in [-0.15, -0.1) is 0 Å². The van der Waals surface area contributed by atoms with E-state index in [1.165, 1.54) is 11.8 Å². The standard InChI is InChI=1S/C22H24N4O2/c1-4-6-7-16-8-10-18(11-9-16)25-20-17(12-23)13-24-26-14-19(15(3)21(20)26)22(27)28-5-2/h8-11,13-14,25H,4-7H2,1-3H3. The first kappa shape index (κ1) is 19.4. The molecule has 0 amide bonds. The van der Waals surface area contributed by atoms with Gasteiger partial charge < -0.3 is 10.1 Å². The Morgan fingerprint density at radius 1 is 1.29 bits per heavy atom. The van der Waals surface area contributed by atoms with Crippen molar-refractivity contribution in [1.82, 2.24) is 9.61 Å². The van der Waals surface area contributed by atoms with Crippen molar-refractivity contribution in [3.8, 4) is 6.07 Å². The summed E-state index contributed by atoms with van der Waals surface area (Å²) in [6.45, 7) is 6.09. The Balaban J connectivity index is 2.01. The summed E-state index contributed by atoms with van der Waals surface area (Å²) in [4.78, 5) is 12.2. The Kier molecular flexibility index (Phi) is 5.95. The SMILES string of the molecule is CCCCc1ccc(Nc2c(C#N)cnn3cc(C(=O)OCC)c(C)c23)cc1. The minimum absolute atomic E-state index is 0.302. The molecule has 0 unspecified atom stereocenters. The van der Waals surface area contributed by atoms with Crippen LogP contribution in [0.15, 0.2) is 36.7 Å². The third kappa shape index (κ3) is 3.84. The minimum atomic E-state index is -0.393. The first-order chi connectivity index (χ1) is 13.6. The van der Waals surface area contributed by atoms with Crippen molar-refractivity contribution in [2.75, 3.05) is 11.9 Å². The number of anilines is 2. The molecule has 0 atom stereocenters. The Labute approximate surface area is 164 Å². The van der Waals surface area contributed by atoms with Crippen molar-refractivity contribution in [3.05, 3.63) is 58.9 Å². The maximum absolute atomic E-state index is 12.2. The van der Waals surface area contributed by atoms with Crippen LogP contribution in [0.3, 0.4) is 0 Å². The van der Waals surface area contributed by atoms with Crippen molar-refractivity contribution < 1.29 is 9.53 Å². The van der Waals surface area contributed by atoms with Crippen LogP contribution in [0.25, 0.3) is 5.52 Å². The van der Waals surface area contributed by atoms with Gasteiger partial charge in [0.1, 0.15) is 6.07 Å². The van der Waals surface area contributed by atoms with Gasteiger partial charge in [0.05, 0.1) is 35.1 Å². The number of carbonyl (C=O) groups excluding carboxylic acids is 1. The normalized spacial score (nSPS) is 10.6. The number of nitrogens with one attached hydrogen (secondary N) is 1. The van der Waals surface area contributed by atoms with Gasteiger partial charge in [-0.25, -0.2) is 9.31 Å².